The molecule has 2 amide bonds. The zero-order chi connectivity index (χ0) is 17.4. The van der Waals surface area contributed by atoms with Crippen LogP contribution in [-0.4, -0.2) is 56.1 Å². The third-order valence-electron chi connectivity index (χ3n) is 4.13. The van der Waals surface area contributed by atoms with Crippen LogP contribution < -0.4 is 10.6 Å². The Hall–Kier alpha value is -1.92. The standard InChI is InChI=1S/C18H27N3O3/c1-14-4-3-5-16(12-14)17(21-8-10-24-11-9-21)13-20-18(23)6-7-19-15(2)22/h3-5,12,17H,6-11,13H2,1-2H3,(H,19,22)(H,20,23). The van der Waals surface area contributed by atoms with Crippen LogP contribution in [-0.2, 0) is 14.3 Å². The second kappa shape index (κ2) is 9.39. The molecule has 6 heteroatoms. The molecular weight excluding hydrogens is 306 g/mol. The van der Waals surface area contributed by atoms with E-state index in [0.717, 1.165) is 26.3 Å². The van der Waals surface area contributed by atoms with Crippen molar-refractivity contribution in [3.63, 3.8) is 0 Å². The molecule has 132 valence electrons. The molecule has 1 aliphatic heterocycles. The van der Waals surface area contributed by atoms with Crippen molar-refractivity contribution < 1.29 is 14.3 Å². The van der Waals surface area contributed by atoms with Gasteiger partial charge in [0.1, 0.15) is 0 Å². The Bertz CT molecular complexity index is 556. The largest absolute Gasteiger partial charge is 0.379 e. The lowest BCUT2D eigenvalue weighted by atomic mass is 10.0. The van der Waals surface area contributed by atoms with E-state index < -0.39 is 0 Å². The van der Waals surface area contributed by atoms with Gasteiger partial charge in [-0.25, -0.2) is 0 Å². The fraction of sp³-hybridized carbons (Fsp3) is 0.556. The quantitative estimate of drug-likeness (QED) is 0.781. The maximum atomic E-state index is 12.0. The van der Waals surface area contributed by atoms with Gasteiger partial charge in [-0.15, -0.1) is 0 Å². The van der Waals surface area contributed by atoms with Crippen molar-refractivity contribution in [3.05, 3.63) is 35.4 Å². The third kappa shape index (κ3) is 5.94. The number of aryl methyl sites for hydroxylation is 1. The first-order valence-electron chi connectivity index (χ1n) is 8.46. The summed E-state index contributed by atoms with van der Waals surface area (Å²) in [4.78, 5) is 25.2. The molecule has 1 aliphatic rings. The van der Waals surface area contributed by atoms with Gasteiger partial charge in [0, 0.05) is 39.5 Å². The van der Waals surface area contributed by atoms with E-state index in [1.54, 1.807) is 0 Å². The first-order chi connectivity index (χ1) is 11.6. The van der Waals surface area contributed by atoms with Crippen LogP contribution in [0, 0.1) is 6.92 Å². The highest BCUT2D eigenvalue weighted by molar-refractivity contribution is 5.77. The molecule has 6 nitrogen and oxygen atoms in total. The number of rotatable bonds is 7. The average Bonchev–Trinajstić information content (AvgIpc) is 2.56. The van der Waals surface area contributed by atoms with Gasteiger partial charge in [0.25, 0.3) is 0 Å². The van der Waals surface area contributed by atoms with Gasteiger partial charge in [0.15, 0.2) is 0 Å². The normalized spacial score (nSPS) is 16.4. The van der Waals surface area contributed by atoms with E-state index >= 15 is 0 Å². The summed E-state index contributed by atoms with van der Waals surface area (Å²) in [6, 6.07) is 8.54. The number of benzene rings is 1. The molecule has 0 radical (unpaired) electrons. The van der Waals surface area contributed by atoms with Crippen molar-refractivity contribution in [2.45, 2.75) is 26.3 Å². The fourth-order valence-corrected chi connectivity index (χ4v) is 2.88. The molecule has 1 fully saturated rings. The summed E-state index contributed by atoms with van der Waals surface area (Å²) in [6.07, 6.45) is 0.295. The first-order valence-corrected chi connectivity index (χ1v) is 8.46. The van der Waals surface area contributed by atoms with Crippen LogP contribution in [0.4, 0.5) is 0 Å². The highest BCUT2D eigenvalue weighted by Gasteiger charge is 2.23. The average molecular weight is 333 g/mol. The van der Waals surface area contributed by atoms with Crippen molar-refractivity contribution in [1.29, 1.82) is 0 Å². The summed E-state index contributed by atoms with van der Waals surface area (Å²) in [5.74, 6) is -0.164. The zero-order valence-corrected chi connectivity index (χ0v) is 14.5. The van der Waals surface area contributed by atoms with Crippen LogP contribution in [0.15, 0.2) is 24.3 Å². The number of carbonyl (C=O) groups excluding carboxylic acids is 2. The van der Waals surface area contributed by atoms with Crippen molar-refractivity contribution >= 4 is 11.8 Å². The van der Waals surface area contributed by atoms with Crippen LogP contribution in [0.25, 0.3) is 0 Å². The summed E-state index contributed by atoms with van der Waals surface area (Å²) in [5.41, 5.74) is 2.42. The maximum Gasteiger partial charge on any atom is 0.221 e. The van der Waals surface area contributed by atoms with Gasteiger partial charge in [-0.05, 0) is 12.5 Å². The molecule has 2 rings (SSSR count). The Morgan fingerprint density at radius 2 is 2.00 bits per heavy atom. The minimum absolute atomic E-state index is 0.0466. The molecule has 1 saturated heterocycles. The molecule has 2 N–H and O–H groups in total. The predicted molar refractivity (Wildman–Crippen MR) is 92.6 cm³/mol. The van der Waals surface area contributed by atoms with Gasteiger partial charge in [-0.1, -0.05) is 29.8 Å². The number of nitrogens with zero attached hydrogens (tertiary/aromatic N) is 1. The van der Waals surface area contributed by atoms with E-state index in [2.05, 4.69) is 46.7 Å². The van der Waals surface area contributed by atoms with Crippen molar-refractivity contribution in [3.8, 4) is 0 Å². The molecule has 1 aromatic rings. The molecular formula is C18H27N3O3. The number of carbonyl (C=O) groups is 2. The topological polar surface area (TPSA) is 70.7 Å². The van der Waals surface area contributed by atoms with E-state index in [1.165, 1.54) is 18.1 Å². The number of hydrogen-bond acceptors (Lipinski definition) is 4. The number of morpholine rings is 1. The van der Waals surface area contributed by atoms with Crippen molar-refractivity contribution in [1.82, 2.24) is 15.5 Å². The molecule has 1 atom stereocenters. The fourth-order valence-electron chi connectivity index (χ4n) is 2.88. The van der Waals surface area contributed by atoms with Gasteiger partial charge in [-0.2, -0.15) is 0 Å². The summed E-state index contributed by atoms with van der Waals surface area (Å²) in [6.45, 7) is 7.62. The second-order valence-electron chi connectivity index (χ2n) is 6.12. The molecule has 0 aromatic heterocycles. The number of nitrogens with one attached hydrogen (secondary N) is 2. The van der Waals surface area contributed by atoms with Crippen LogP contribution in [0.3, 0.4) is 0 Å². The summed E-state index contributed by atoms with van der Waals surface area (Å²) in [7, 11) is 0. The zero-order valence-electron chi connectivity index (χ0n) is 14.5. The van der Waals surface area contributed by atoms with E-state index in [4.69, 9.17) is 4.74 Å². The molecule has 0 spiro atoms. The van der Waals surface area contributed by atoms with E-state index in [1.807, 2.05) is 0 Å². The minimum Gasteiger partial charge on any atom is -0.379 e. The Balaban J connectivity index is 1.95. The van der Waals surface area contributed by atoms with Gasteiger partial charge in [0.2, 0.25) is 11.8 Å². The van der Waals surface area contributed by atoms with Crippen LogP contribution in [0.5, 0.6) is 0 Å². The number of ether oxygens (including phenoxy) is 1. The third-order valence-corrected chi connectivity index (χ3v) is 4.13. The smallest absolute Gasteiger partial charge is 0.221 e. The Kier molecular flexibility index (Phi) is 7.21. The van der Waals surface area contributed by atoms with Crippen LogP contribution >= 0.6 is 0 Å². The van der Waals surface area contributed by atoms with Gasteiger partial charge in [-0.3, -0.25) is 14.5 Å². The van der Waals surface area contributed by atoms with Crippen LogP contribution in [0.1, 0.15) is 30.5 Å². The molecule has 0 aliphatic carbocycles. The van der Waals surface area contributed by atoms with Crippen molar-refractivity contribution in [2.24, 2.45) is 0 Å². The minimum atomic E-state index is -0.117. The molecule has 0 bridgehead atoms. The summed E-state index contributed by atoms with van der Waals surface area (Å²) in [5, 5.41) is 5.64. The Labute approximate surface area is 143 Å². The SMILES string of the molecule is CC(=O)NCCC(=O)NCC(c1cccc(C)c1)N1CCOCC1. The Morgan fingerprint density at radius 3 is 2.67 bits per heavy atom. The maximum absolute atomic E-state index is 12.0. The molecule has 0 saturated carbocycles. The Morgan fingerprint density at radius 1 is 1.25 bits per heavy atom. The molecule has 1 unspecified atom stereocenters. The monoisotopic (exact) mass is 333 g/mol. The van der Waals surface area contributed by atoms with Gasteiger partial charge in [0.05, 0.1) is 19.3 Å². The lowest BCUT2D eigenvalue weighted by molar-refractivity contribution is -0.121. The number of amides is 2. The van der Waals surface area contributed by atoms with E-state index in [0.29, 0.717) is 19.5 Å². The molecule has 1 heterocycles. The van der Waals surface area contributed by atoms with Gasteiger partial charge >= 0.3 is 0 Å². The molecule has 24 heavy (non-hydrogen) atoms. The predicted octanol–water partition coefficient (Wildman–Crippen LogP) is 1.01. The van der Waals surface area contributed by atoms with Crippen molar-refractivity contribution in [2.75, 3.05) is 39.4 Å². The molecule has 1 aromatic carbocycles. The highest BCUT2D eigenvalue weighted by Crippen LogP contribution is 2.22. The van der Waals surface area contributed by atoms with E-state index in [9.17, 15) is 9.59 Å². The van der Waals surface area contributed by atoms with Crippen LogP contribution in [0.2, 0.25) is 0 Å². The first kappa shape index (κ1) is 18.4. The van der Waals surface area contributed by atoms with E-state index in [-0.39, 0.29) is 17.9 Å². The summed E-state index contributed by atoms with van der Waals surface area (Å²) >= 11 is 0. The highest BCUT2D eigenvalue weighted by atomic mass is 16.5. The second-order valence-corrected chi connectivity index (χ2v) is 6.12. The number of hydrogen-bond donors (Lipinski definition) is 2. The summed E-state index contributed by atoms with van der Waals surface area (Å²) < 4.78 is 5.44. The lowest BCUT2D eigenvalue weighted by Gasteiger charge is -2.35. The van der Waals surface area contributed by atoms with Gasteiger partial charge < -0.3 is 15.4 Å². The lowest BCUT2D eigenvalue weighted by Crippen LogP contribution is -2.44.